The summed E-state index contributed by atoms with van der Waals surface area (Å²) in [6.07, 6.45) is 5.63. The molecule has 0 fully saturated rings. The van der Waals surface area contributed by atoms with E-state index in [4.69, 9.17) is 9.47 Å². The number of benzene rings is 2. The lowest BCUT2D eigenvalue weighted by molar-refractivity contribution is -0.688. The maximum atomic E-state index is 13.0. The molecule has 1 atom stereocenters. The van der Waals surface area contributed by atoms with Crippen molar-refractivity contribution in [3.8, 4) is 11.5 Å². The van der Waals surface area contributed by atoms with Crippen LogP contribution in [-0.4, -0.2) is 20.0 Å². The van der Waals surface area contributed by atoms with Gasteiger partial charge in [0.1, 0.15) is 0 Å². The fourth-order valence-electron chi connectivity index (χ4n) is 3.94. The monoisotopic (exact) mass is 374 g/mol. The molecule has 4 rings (SSSR count). The van der Waals surface area contributed by atoms with Crippen molar-refractivity contribution < 1.29 is 18.8 Å². The van der Waals surface area contributed by atoms with Gasteiger partial charge in [-0.2, -0.15) is 0 Å². The average Bonchev–Trinajstić information content (AvgIpc) is 3.05. The smallest absolute Gasteiger partial charge is 0.173 e. The van der Waals surface area contributed by atoms with Gasteiger partial charge in [0.25, 0.3) is 0 Å². The van der Waals surface area contributed by atoms with E-state index in [0.29, 0.717) is 17.1 Å². The van der Waals surface area contributed by atoms with Crippen LogP contribution < -0.4 is 14.0 Å². The standard InChI is InChI=1S/C24H24NO3/c1-27-21-9-8-19-15-20(23(26)22(19)24(21)28-2)14-17-10-12-25(13-11-17)16-18-6-4-3-5-7-18/h3-13,20H,14-16H2,1-2H3/q+1. The summed E-state index contributed by atoms with van der Waals surface area (Å²) in [5.74, 6) is 1.26. The third-order valence-electron chi connectivity index (χ3n) is 5.37. The highest BCUT2D eigenvalue weighted by molar-refractivity contribution is 6.05. The molecule has 0 bridgehead atoms. The second kappa shape index (κ2) is 7.85. The molecule has 0 amide bonds. The Morgan fingerprint density at radius 1 is 0.929 bits per heavy atom. The molecule has 0 N–H and O–H groups in total. The molecule has 0 spiro atoms. The van der Waals surface area contributed by atoms with Crippen LogP contribution >= 0.6 is 0 Å². The molecule has 142 valence electrons. The number of pyridine rings is 1. The Kier molecular flexibility index (Phi) is 5.11. The number of ketones is 1. The third kappa shape index (κ3) is 3.50. The first-order chi connectivity index (χ1) is 13.7. The van der Waals surface area contributed by atoms with Gasteiger partial charge in [-0.25, -0.2) is 4.57 Å². The van der Waals surface area contributed by atoms with Crippen LogP contribution in [0.1, 0.15) is 27.0 Å². The van der Waals surface area contributed by atoms with Crippen LogP contribution in [0, 0.1) is 5.92 Å². The lowest BCUT2D eigenvalue weighted by Crippen LogP contribution is -2.33. The van der Waals surface area contributed by atoms with Gasteiger partial charge in [0.05, 0.1) is 19.8 Å². The summed E-state index contributed by atoms with van der Waals surface area (Å²) in [5.41, 5.74) is 4.16. The zero-order chi connectivity index (χ0) is 19.5. The fraction of sp³-hybridized carbons (Fsp3) is 0.250. The summed E-state index contributed by atoms with van der Waals surface area (Å²) in [5, 5.41) is 0. The zero-order valence-corrected chi connectivity index (χ0v) is 16.2. The Morgan fingerprint density at radius 2 is 1.68 bits per heavy atom. The number of nitrogens with zero attached hydrogens (tertiary/aromatic N) is 1. The van der Waals surface area contributed by atoms with Gasteiger partial charge in [0.15, 0.2) is 36.2 Å². The first kappa shape index (κ1) is 18.2. The number of carbonyl (C=O) groups is 1. The maximum Gasteiger partial charge on any atom is 0.173 e. The maximum absolute atomic E-state index is 13.0. The molecule has 1 aliphatic rings. The van der Waals surface area contributed by atoms with E-state index in [1.54, 1.807) is 14.2 Å². The van der Waals surface area contributed by atoms with E-state index in [9.17, 15) is 4.79 Å². The molecule has 1 aliphatic carbocycles. The summed E-state index contributed by atoms with van der Waals surface area (Å²) in [6, 6.07) is 18.4. The number of ether oxygens (including phenoxy) is 2. The first-order valence-electron chi connectivity index (χ1n) is 9.49. The van der Waals surface area contributed by atoms with E-state index >= 15 is 0 Å². The van der Waals surface area contributed by atoms with Crippen LogP contribution in [0.5, 0.6) is 11.5 Å². The highest BCUT2D eigenvalue weighted by Gasteiger charge is 2.34. The van der Waals surface area contributed by atoms with E-state index < -0.39 is 0 Å². The van der Waals surface area contributed by atoms with Crippen LogP contribution in [0.15, 0.2) is 67.0 Å². The van der Waals surface area contributed by atoms with Gasteiger partial charge >= 0.3 is 0 Å². The highest BCUT2D eigenvalue weighted by Crippen LogP contribution is 2.40. The lowest BCUT2D eigenvalue weighted by Gasteiger charge is -2.11. The minimum absolute atomic E-state index is 0.0546. The highest BCUT2D eigenvalue weighted by atomic mass is 16.5. The van der Waals surface area contributed by atoms with E-state index in [0.717, 1.165) is 24.9 Å². The van der Waals surface area contributed by atoms with Crippen LogP contribution in [0.4, 0.5) is 0 Å². The van der Waals surface area contributed by atoms with Crippen molar-refractivity contribution >= 4 is 5.78 Å². The van der Waals surface area contributed by atoms with Gasteiger partial charge in [0, 0.05) is 23.6 Å². The second-order valence-electron chi connectivity index (χ2n) is 7.17. The molecule has 28 heavy (non-hydrogen) atoms. The van der Waals surface area contributed by atoms with Crippen molar-refractivity contribution in [3.05, 3.63) is 89.2 Å². The van der Waals surface area contributed by atoms with Crippen LogP contribution in [0.2, 0.25) is 0 Å². The fourth-order valence-corrected chi connectivity index (χ4v) is 3.94. The molecule has 1 heterocycles. The quantitative estimate of drug-likeness (QED) is 0.619. The van der Waals surface area contributed by atoms with Crippen molar-refractivity contribution in [1.82, 2.24) is 0 Å². The normalized spacial score (nSPS) is 15.4. The number of hydrogen-bond donors (Lipinski definition) is 0. The number of aromatic nitrogens is 1. The Morgan fingerprint density at radius 3 is 2.36 bits per heavy atom. The summed E-state index contributed by atoms with van der Waals surface area (Å²) in [7, 11) is 3.18. The van der Waals surface area contributed by atoms with Crippen molar-refractivity contribution in [1.29, 1.82) is 0 Å². The van der Waals surface area contributed by atoms with Gasteiger partial charge in [-0.05, 0) is 30.0 Å². The van der Waals surface area contributed by atoms with E-state index in [1.165, 1.54) is 11.1 Å². The number of rotatable bonds is 6. The predicted molar refractivity (Wildman–Crippen MR) is 107 cm³/mol. The van der Waals surface area contributed by atoms with Gasteiger partial charge in [-0.1, -0.05) is 36.4 Å². The summed E-state index contributed by atoms with van der Waals surface area (Å²) >= 11 is 0. The van der Waals surface area contributed by atoms with E-state index in [-0.39, 0.29) is 11.7 Å². The molecular formula is C24H24NO3+. The number of carbonyl (C=O) groups excluding carboxylic acids is 1. The molecule has 0 aliphatic heterocycles. The summed E-state index contributed by atoms with van der Waals surface area (Å²) < 4.78 is 13.0. The molecule has 0 saturated heterocycles. The van der Waals surface area contributed by atoms with Crippen LogP contribution in [0.25, 0.3) is 0 Å². The zero-order valence-electron chi connectivity index (χ0n) is 16.2. The van der Waals surface area contributed by atoms with Gasteiger partial charge in [-0.3, -0.25) is 4.79 Å². The third-order valence-corrected chi connectivity index (χ3v) is 5.37. The number of hydrogen-bond acceptors (Lipinski definition) is 3. The minimum atomic E-state index is -0.0546. The molecule has 1 aromatic heterocycles. The molecular weight excluding hydrogens is 350 g/mol. The molecule has 0 saturated carbocycles. The minimum Gasteiger partial charge on any atom is -0.493 e. The number of fused-ring (bicyclic) bond motifs is 1. The van der Waals surface area contributed by atoms with Crippen molar-refractivity contribution in [2.45, 2.75) is 19.4 Å². The van der Waals surface area contributed by atoms with Gasteiger partial charge in [-0.15, -0.1) is 0 Å². The molecule has 4 heteroatoms. The van der Waals surface area contributed by atoms with Crippen molar-refractivity contribution in [2.24, 2.45) is 5.92 Å². The Balaban J connectivity index is 1.48. The lowest BCUT2D eigenvalue weighted by atomic mass is 9.96. The van der Waals surface area contributed by atoms with Gasteiger partial charge < -0.3 is 9.47 Å². The van der Waals surface area contributed by atoms with Gasteiger partial charge in [0.2, 0.25) is 0 Å². The molecule has 1 unspecified atom stereocenters. The molecule has 2 aromatic carbocycles. The summed E-state index contributed by atoms with van der Waals surface area (Å²) in [4.78, 5) is 13.0. The van der Waals surface area contributed by atoms with E-state index in [2.05, 4.69) is 53.4 Å². The second-order valence-corrected chi connectivity index (χ2v) is 7.17. The average molecular weight is 374 g/mol. The molecule has 0 radical (unpaired) electrons. The predicted octanol–water partition coefficient (Wildman–Crippen LogP) is 3.64. The van der Waals surface area contributed by atoms with Crippen molar-refractivity contribution in [3.63, 3.8) is 0 Å². The SMILES string of the molecule is COc1ccc2c(c1OC)C(=O)C(Cc1cc[n+](Cc3ccccc3)cc1)C2. The van der Waals surface area contributed by atoms with Crippen molar-refractivity contribution in [2.75, 3.05) is 14.2 Å². The molecule has 3 aromatic rings. The Bertz CT molecular complexity index is 981. The first-order valence-corrected chi connectivity index (χ1v) is 9.49. The van der Waals surface area contributed by atoms with E-state index in [1.807, 2.05) is 18.2 Å². The number of Topliss-reactive ketones (excluding diaryl/α,β-unsaturated/α-hetero) is 1. The van der Waals surface area contributed by atoms with Crippen LogP contribution in [0.3, 0.4) is 0 Å². The molecule has 4 nitrogen and oxygen atoms in total. The number of methoxy groups -OCH3 is 2. The summed E-state index contributed by atoms with van der Waals surface area (Å²) in [6.45, 7) is 0.839. The largest absolute Gasteiger partial charge is 0.493 e. The topological polar surface area (TPSA) is 39.4 Å². The Hall–Kier alpha value is -3.14. The Labute approximate surface area is 165 Å². The van der Waals surface area contributed by atoms with Crippen LogP contribution in [-0.2, 0) is 19.4 Å².